The Morgan fingerprint density at radius 2 is 1.73 bits per heavy atom. The summed E-state index contributed by atoms with van der Waals surface area (Å²) < 4.78 is 0. The number of carbonyl (C=O) groups excluding carboxylic acids is 2. The van der Waals surface area contributed by atoms with Crippen LogP contribution in [-0.2, 0) is 4.79 Å². The number of amides is 1. The second kappa shape index (κ2) is 9.23. The maximum absolute atomic E-state index is 13.2. The van der Waals surface area contributed by atoms with Crippen LogP contribution in [0.3, 0.4) is 0 Å². The van der Waals surface area contributed by atoms with Crippen LogP contribution in [-0.4, -0.2) is 56.2 Å². The molecule has 1 amide bonds. The number of hydrogen-bond donors (Lipinski definition) is 1. The summed E-state index contributed by atoms with van der Waals surface area (Å²) in [5.41, 5.74) is 2.97. The van der Waals surface area contributed by atoms with Crippen LogP contribution in [0.25, 0.3) is 0 Å². The van der Waals surface area contributed by atoms with Crippen molar-refractivity contribution in [1.82, 2.24) is 0 Å². The molecule has 0 aromatic heterocycles. The first-order valence-electron chi connectivity index (χ1n) is 10.8. The third-order valence-corrected chi connectivity index (χ3v) is 7.29. The summed E-state index contributed by atoms with van der Waals surface area (Å²) in [6, 6.07) is 16.1. The van der Waals surface area contributed by atoms with Crippen molar-refractivity contribution in [2.45, 2.75) is 30.4 Å². The van der Waals surface area contributed by atoms with E-state index in [0.717, 1.165) is 56.1 Å². The van der Waals surface area contributed by atoms with Gasteiger partial charge in [0.1, 0.15) is 0 Å². The van der Waals surface area contributed by atoms with Gasteiger partial charge in [-0.05, 0) is 49.7 Å². The minimum absolute atomic E-state index is 0.0946. The van der Waals surface area contributed by atoms with Crippen molar-refractivity contribution in [3.05, 3.63) is 54.1 Å². The van der Waals surface area contributed by atoms with Gasteiger partial charge < -0.3 is 14.7 Å². The minimum Gasteiger partial charge on any atom is -0.360 e. The molecular weight excluding hydrogens is 394 g/mol. The maximum Gasteiger partial charge on any atom is 0.282 e. The lowest BCUT2D eigenvalue weighted by molar-refractivity contribution is -0.892. The normalized spacial score (nSPS) is 19.9. The Bertz CT molecular complexity index is 907. The van der Waals surface area contributed by atoms with Gasteiger partial charge in [0, 0.05) is 27.9 Å². The monoisotopic (exact) mass is 424 g/mol. The average molecular weight is 425 g/mol. The average Bonchev–Trinajstić information content (AvgIpc) is 2.92. The largest absolute Gasteiger partial charge is 0.360 e. The molecule has 4 rings (SSSR count). The zero-order chi connectivity index (χ0) is 21.1. The lowest BCUT2D eigenvalue weighted by Gasteiger charge is -2.34. The molecular formula is C24H30N3O2S+. The molecule has 5 nitrogen and oxygen atoms in total. The summed E-state index contributed by atoms with van der Waals surface area (Å²) in [4.78, 5) is 31.6. The lowest BCUT2D eigenvalue weighted by atomic mass is 10.1. The van der Waals surface area contributed by atoms with Crippen LogP contribution in [0.4, 0.5) is 11.4 Å². The molecule has 2 aliphatic heterocycles. The fraction of sp³-hybridized carbons (Fsp3) is 0.417. The lowest BCUT2D eigenvalue weighted by Crippen LogP contribution is -3.16. The van der Waals surface area contributed by atoms with Crippen LogP contribution >= 0.6 is 11.8 Å². The molecule has 2 aliphatic rings. The number of benzene rings is 2. The van der Waals surface area contributed by atoms with Crippen molar-refractivity contribution in [3.63, 3.8) is 0 Å². The van der Waals surface area contributed by atoms with E-state index in [-0.39, 0.29) is 11.7 Å². The third-order valence-electron chi connectivity index (χ3n) is 6.06. The fourth-order valence-electron chi connectivity index (χ4n) is 4.22. The fourth-order valence-corrected chi connectivity index (χ4v) is 5.33. The van der Waals surface area contributed by atoms with Gasteiger partial charge in [0.2, 0.25) is 0 Å². The highest BCUT2D eigenvalue weighted by Gasteiger charge is 2.28. The Morgan fingerprint density at radius 3 is 2.43 bits per heavy atom. The van der Waals surface area contributed by atoms with Gasteiger partial charge in [-0.25, -0.2) is 0 Å². The molecule has 1 saturated heterocycles. The molecule has 1 N–H and O–H groups in total. The zero-order valence-corrected chi connectivity index (χ0v) is 18.6. The van der Waals surface area contributed by atoms with Crippen LogP contribution in [0.2, 0.25) is 0 Å². The molecule has 0 saturated carbocycles. The highest BCUT2D eigenvalue weighted by Crippen LogP contribution is 2.37. The van der Waals surface area contributed by atoms with Crippen LogP contribution in [0.5, 0.6) is 0 Å². The van der Waals surface area contributed by atoms with E-state index < -0.39 is 0 Å². The molecule has 0 spiro atoms. The number of thioether (sulfide) groups is 1. The summed E-state index contributed by atoms with van der Waals surface area (Å²) >= 11 is 1.87. The van der Waals surface area contributed by atoms with Crippen molar-refractivity contribution >= 4 is 34.8 Å². The minimum atomic E-state index is 0.0946. The standard InChI is InChI=1S/C24H29N3O2S/c1-18-11-12-27(22-5-3-4-6-23(22)30-18)24(29)17-25-13-15-26(16-14-25)21-9-7-20(8-10-21)19(2)28/h3-10,18H,11-17H2,1-2H3/p+1/t18-/m1/s1. The third kappa shape index (κ3) is 4.71. The van der Waals surface area contributed by atoms with Gasteiger partial charge in [0.05, 0.1) is 31.9 Å². The first-order chi connectivity index (χ1) is 14.5. The summed E-state index contributed by atoms with van der Waals surface area (Å²) in [5, 5.41) is 0.522. The predicted octanol–water partition coefficient (Wildman–Crippen LogP) is 2.51. The molecule has 0 radical (unpaired) electrons. The Hall–Kier alpha value is -2.31. The smallest absolute Gasteiger partial charge is 0.282 e. The number of ketones is 1. The van der Waals surface area contributed by atoms with Gasteiger partial charge in [-0.3, -0.25) is 9.59 Å². The van der Waals surface area contributed by atoms with E-state index >= 15 is 0 Å². The second-order valence-corrected chi connectivity index (χ2v) is 9.73. The molecule has 30 heavy (non-hydrogen) atoms. The topological polar surface area (TPSA) is 45.1 Å². The molecule has 0 bridgehead atoms. The van der Waals surface area contributed by atoms with E-state index in [1.807, 2.05) is 47.0 Å². The number of hydrogen-bond acceptors (Lipinski definition) is 4. The number of fused-ring (bicyclic) bond motifs is 1. The first kappa shape index (κ1) is 20.9. The van der Waals surface area contributed by atoms with E-state index in [4.69, 9.17) is 0 Å². The predicted molar refractivity (Wildman–Crippen MR) is 123 cm³/mol. The van der Waals surface area contributed by atoms with Crippen LogP contribution < -0.4 is 14.7 Å². The molecule has 2 aromatic rings. The summed E-state index contributed by atoms with van der Waals surface area (Å²) in [6.07, 6.45) is 1.02. The molecule has 158 valence electrons. The highest BCUT2D eigenvalue weighted by molar-refractivity contribution is 8.00. The molecule has 0 unspecified atom stereocenters. The van der Waals surface area contributed by atoms with Crippen LogP contribution in [0.1, 0.15) is 30.6 Å². The number of quaternary nitrogens is 1. The summed E-state index contributed by atoms with van der Waals surface area (Å²) in [6.45, 7) is 8.91. The quantitative estimate of drug-likeness (QED) is 0.766. The van der Waals surface area contributed by atoms with E-state index in [1.54, 1.807) is 6.92 Å². The van der Waals surface area contributed by atoms with Crippen LogP contribution in [0.15, 0.2) is 53.4 Å². The Labute approximate surface area is 183 Å². The van der Waals surface area contributed by atoms with Gasteiger partial charge in [-0.2, -0.15) is 0 Å². The van der Waals surface area contributed by atoms with Crippen molar-refractivity contribution in [2.75, 3.05) is 49.1 Å². The van der Waals surface area contributed by atoms with Gasteiger partial charge >= 0.3 is 0 Å². The van der Waals surface area contributed by atoms with Crippen molar-refractivity contribution in [3.8, 4) is 0 Å². The second-order valence-electron chi connectivity index (χ2n) is 8.25. The van der Waals surface area contributed by atoms with Gasteiger partial charge in [0.25, 0.3) is 5.91 Å². The Balaban J connectivity index is 1.36. The molecule has 2 aromatic carbocycles. The van der Waals surface area contributed by atoms with E-state index in [0.29, 0.717) is 11.8 Å². The van der Waals surface area contributed by atoms with Crippen LogP contribution in [0, 0.1) is 0 Å². The van der Waals surface area contributed by atoms with Crippen molar-refractivity contribution in [2.24, 2.45) is 0 Å². The Kier molecular flexibility index (Phi) is 6.44. The number of anilines is 2. The van der Waals surface area contributed by atoms with E-state index in [9.17, 15) is 9.59 Å². The van der Waals surface area contributed by atoms with Gasteiger partial charge in [-0.1, -0.05) is 19.1 Å². The maximum atomic E-state index is 13.2. The summed E-state index contributed by atoms with van der Waals surface area (Å²) in [7, 11) is 0. The number of carbonyl (C=O) groups is 2. The van der Waals surface area contributed by atoms with Gasteiger partial charge in [-0.15, -0.1) is 11.8 Å². The number of rotatable bonds is 4. The number of piperazine rings is 1. The van der Waals surface area contributed by atoms with Crippen molar-refractivity contribution < 1.29 is 14.5 Å². The number of para-hydroxylation sites is 1. The molecule has 6 heteroatoms. The first-order valence-corrected chi connectivity index (χ1v) is 11.6. The molecule has 1 fully saturated rings. The Morgan fingerprint density at radius 1 is 1.03 bits per heavy atom. The molecule has 2 heterocycles. The zero-order valence-electron chi connectivity index (χ0n) is 17.8. The number of nitrogens with one attached hydrogen (secondary N) is 1. The SMILES string of the molecule is CC(=O)c1ccc(N2CC[NH+](CC(=O)N3CC[C@@H](C)Sc4ccccc43)CC2)cc1. The van der Waals surface area contributed by atoms with E-state index in [1.165, 1.54) is 9.80 Å². The van der Waals surface area contributed by atoms with Gasteiger partial charge in [0.15, 0.2) is 12.3 Å². The molecule has 0 aliphatic carbocycles. The number of nitrogens with zero attached hydrogens (tertiary/aromatic N) is 2. The van der Waals surface area contributed by atoms with Crippen molar-refractivity contribution in [1.29, 1.82) is 0 Å². The molecule has 1 atom stereocenters. The summed E-state index contributed by atoms with van der Waals surface area (Å²) in [5.74, 6) is 0.323. The number of Topliss-reactive ketones (excluding diaryl/α,β-unsaturated/α-hetero) is 1. The highest BCUT2D eigenvalue weighted by atomic mass is 32.2. The van der Waals surface area contributed by atoms with E-state index in [2.05, 4.69) is 30.0 Å².